The third-order valence-corrected chi connectivity index (χ3v) is 3.39. The maximum Gasteiger partial charge on any atom is 0.126 e. The monoisotopic (exact) mass is 285 g/mol. The average Bonchev–Trinajstić information content (AvgIpc) is 2.53. The van der Waals surface area contributed by atoms with Crippen LogP contribution in [0.25, 0.3) is 0 Å². The molecule has 0 bridgehead atoms. The van der Waals surface area contributed by atoms with E-state index in [1.807, 2.05) is 49.4 Å². The summed E-state index contributed by atoms with van der Waals surface area (Å²) in [5.74, 6) is 0.683. The van der Waals surface area contributed by atoms with Gasteiger partial charge in [0, 0.05) is 24.2 Å². The van der Waals surface area contributed by atoms with E-state index in [2.05, 4.69) is 5.32 Å². The lowest BCUT2D eigenvalue weighted by Crippen LogP contribution is -2.15. The van der Waals surface area contributed by atoms with E-state index in [0.717, 1.165) is 17.0 Å². The van der Waals surface area contributed by atoms with Gasteiger partial charge >= 0.3 is 0 Å². The molecule has 0 heterocycles. The summed E-state index contributed by atoms with van der Waals surface area (Å²) in [7, 11) is 1.66. The van der Waals surface area contributed by atoms with Crippen molar-refractivity contribution in [2.75, 3.05) is 7.11 Å². The third-order valence-electron chi connectivity index (χ3n) is 3.39. The van der Waals surface area contributed by atoms with Crippen molar-refractivity contribution in [3.05, 3.63) is 77.2 Å². The van der Waals surface area contributed by atoms with Gasteiger partial charge in [0.2, 0.25) is 0 Å². The van der Waals surface area contributed by atoms with Crippen molar-refractivity contribution >= 4 is 0 Å². The smallest absolute Gasteiger partial charge is 0.126 e. The summed E-state index contributed by atoms with van der Waals surface area (Å²) in [5, 5.41) is 3.35. The van der Waals surface area contributed by atoms with E-state index >= 15 is 0 Å². The average molecular weight is 285 g/mol. The molecule has 0 saturated heterocycles. The van der Waals surface area contributed by atoms with Crippen molar-refractivity contribution < 1.29 is 9.13 Å². The second-order valence-corrected chi connectivity index (χ2v) is 4.75. The minimum absolute atomic E-state index is 0.170. The largest absolute Gasteiger partial charge is 0.496 e. The van der Waals surface area contributed by atoms with Crippen LogP contribution >= 0.6 is 0 Å². The van der Waals surface area contributed by atoms with Gasteiger partial charge in [-0.2, -0.15) is 0 Å². The number of ether oxygens (including phenoxy) is 1. The molecule has 3 heteroatoms. The summed E-state index contributed by atoms with van der Waals surface area (Å²) in [6, 6.07) is 14.7. The Hall–Kier alpha value is -2.29. The molecule has 0 atom stereocenters. The minimum Gasteiger partial charge on any atom is -0.496 e. The van der Waals surface area contributed by atoms with Crippen LogP contribution in [0.5, 0.6) is 5.75 Å². The predicted octanol–water partition coefficient (Wildman–Crippen LogP) is 4.07. The molecule has 2 aromatic carbocycles. The van der Waals surface area contributed by atoms with Crippen molar-refractivity contribution in [2.45, 2.75) is 19.9 Å². The first kappa shape index (κ1) is 15.1. The van der Waals surface area contributed by atoms with Crippen LogP contribution in [0.4, 0.5) is 4.39 Å². The Bertz CT molecular complexity index is 622. The third kappa shape index (κ3) is 4.09. The van der Waals surface area contributed by atoms with Crippen molar-refractivity contribution in [3.8, 4) is 5.75 Å². The molecule has 110 valence electrons. The van der Waals surface area contributed by atoms with Crippen molar-refractivity contribution in [1.29, 1.82) is 0 Å². The van der Waals surface area contributed by atoms with Gasteiger partial charge < -0.3 is 10.1 Å². The lowest BCUT2D eigenvalue weighted by Gasteiger charge is -2.13. The highest BCUT2D eigenvalue weighted by Gasteiger charge is 2.06. The highest BCUT2D eigenvalue weighted by atomic mass is 19.1. The zero-order valence-corrected chi connectivity index (χ0v) is 12.4. The Balaban J connectivity index is 2.02. The van der Waals surface area contributed by atoms with Crippen LogP contribution < -0.4 is 10.1 Å². The topological polar surface area (TPSA) is 21.3 Å². The molecule has 2 nitrogen and oxygen atoms in total. The van der Waals surface area contributed by atoms with Crippen LogP contribution in [0.2, 0.25) is 0 Å². The molecular weight excluding hydrogens is 265 g/mol. The molecule has 0 fully saturated rings. The first-order valence-corrected chi connectivity index (χ1v) is 6.99. The Kier molecular flexibility index (Phi) is 5.38. The molecule has 0 saturated carbocycles. The zero-order valence-electron chi connectivity index (χ0n) is 12.4. The molecule has 21 heavy (non-hydrogen) atoms. The van der Waals surface area contributed by atoms with Crippen molar-refractivity contribution in [2.24, 2.45) is 0 Å². The Morgan fingerprint density at radius 2 is 1.76 bits per heavy atom. The number of benzene rings is 2. The van der Waals surface area contributed by atoms with Gasteiger partial charge in [-0.1, -0.05) is 42.5 Å². The summed E-state index contributed by atoms with van der Waals surface area (Å²) in [6.45, 7) is 2.60. The van der Waals surface area contributed by atoms with Crippen molar-refractivity contribution in [3.63, 3.8) is 0 Å². The summed E-state index contributed by atoms with van der Waals surface area (Å²) in [6.07, 6.45) is 2.53. The van der Waals surface area contributed by atoms with E-state index in [-0.39, 0.29) is 5.82 Å². The van der Waals surface area contributed by atoms with E-state index in [1.165, 1.54) is 6.07 Å². The van der Waals surface area contributed by atoms with Gasteiger partial charge in [0.15, 0.2) is 0 Å². The molecule has 0 amide bonds. The first-order chi connectivity index (χ1) is 10.2. The number of para-hydroxylation sites is 1. The Morgan fingerprint density at radius 3 is 2.43 bits per heavy atom. The normalized spacial score (nSPS) is 11.3. The molecule has 0 radical (unpaired) electrons. The number of methoxy groups -OCH3 is 1. The van der Waals surface area contributed by atoms with E-state index in [4.69, 9.17) is 4.74 Å². The standard InChI is InChI=1S/C18H20FNO/c1-3-16(12-14-8-4-6-10-17(14)19)20-13-15-9-5-7-11-18(15)21-2/h3-11,20H,12-13H2,1-2H3/b16-3-. The molecule has 0 aliphatic carbocycles. The summed E-state index contributed by atoms with van der Waals surface area (Å²) >= 11 is 0. The van der Waals surface area contributed by atoms with E-state index < -0.39 is 0 Å². The molecule has 0 unspecified atom stereocenters. The van der Waals surface area contributed by atoms with E-state index in [9.17, 15) is 4.39 Å². The number of rotatable bonds is 6. The highest BCUT2D eigenvalue weighted by molar-refractivity contribution is 5.33. The van der Waals surface area contributed by atoms with Crippen LogP contribution in [-0.4, -0.2) is 7.11 Å². The fourth-order valence-electron chi connectivity index (χ4n) is 2.17. The van der Waals surface area contributed by atoms with Crippen LogP contribution in [0.3, 0.4) is 0 Å². The molecule has 0 aliphatic heterocycles. The zero-order chi connectivity index (χ0) is 15.1. The first-order valence-electron chi connectivity index (χ1n) is 6.99. The molecule has 1 N–H and O–H groups in total. The van der Waals surface area contributed by atoms with Gasteiger partial charge in [0.05, 0.1) is 7.11 Å². The number of nitrogens with one attached hydrogen (secondary N) is 1. The van der Waals surface area contributed by atoms with E-state index in [0.29, 0.717) is 18.5 Å². The van der Waals surface area contributed by atoms with Crippen LogP contribution in [0.1, 0.15) is 18.1 Å². The number of allylic oxidation sites excluding steroid dienone is 2. The second-order valence-electron chi connectivity index (χ2n) is 4.75. The van der Waals surface area contributed by atoms with E-state index in [1.54, 1.807) is 13.2 Å². The number of hydrogen-bond acceptors (Lipinski definition) is 2. The van der Waals surface area contributed by atoms with Gasteiger partial charge in [0.1, 0.15) is 11.6 Å². The molecule has 0 spiro atoms. The van der Waals surface area contributed by atoms with Crippen LogP contribution in [0, 0.1) is 5.82 Å². The van der Waals surface area contributed by atoms with Gasteiger partial charge in [-0.05, 0) is 24.6 Å². The van der Waals surface area contributed by atoms with Gasteiger partial charge in [-0.25, -0.2) is 4.39 Å². The molecule has 0 aromatic heterocycles. The summed E-state index contributed by atoms with van der Waals surface area (Å²) in [5.41, 5.74) is 2.76. The maximum absolute atomic E-state index is 13.7. The SMILES string of the molecule is C/C=C(/Cc1ccccc1F)NCc1ccccc1OC. The van der Waals surface area contributed by atoms with Gasteiger partial charge in [-0.3, -0.25) is 0 Å². The van der Waals surface area contributed by atoms with Gasteiger partial charge in [-0.15, -0.1) is 0 Å². The lowest BCUT2D eigenvalue weighted by atomic mass is 10.1. The van der Waals surface area contributed by atoms with Crippen LogP contribution in [0.15, 0.2) is 60.3 Å². The fraction of sp³-hybridized carbons (Fsp3) is 0.222. The fourth-order valence-corrected chi connectivity index (χ4v) is 2.17. The van der Waals surface area contributed by atoms with Crippen molar-refractivity contribution in [1.82, 2.24) is 5.32 Å². The Morgan fingerprint density at radius 1 is 1.10 bits per heavy atom. The lowest BCUT2D eigenvalue weighted by molar-refractivity contribution is 0.408. The summed E-state index contributed by atoms with van der Waals surface area (Å²) in [4.78, 5) is 0. The molecule has 0 aliphatic rings. The predicted molar refractivity (Wildman–Crippen MR) is 83.7 cm³/mol. The Labute approximate surface area is 125 Å². The number of halogens is 1. The highest BCUT2D eigenvalue weighted by Crippen LogP contribution is 2.18. The number of hydrogen-bond donors (Lipinski definition) is 1. The van der Waals surface area contributed by atoms with Gasteiger partial charge in [0.25, 0.3) is 0 Å². The van der Waals surface area contributed by atoms with Crippen LogP contribution in [-0.2, 0) is 13.0 Å². The molecule has 2 aromatic rings. The minimum atomic E-state index is -0.170. The quantitative estimate of drug-likeness (QED) is 0.864. The maximum atomic E-state index is 13.7. The summed E-state index contributed by atoms with van der Waals surface area (Å²) < 4.78 is 19.0. The molecule has 2 rings (SSSR count). The molecular formula is C18H20FNO. The second kappa shape index (κ2) is 7.48.